The van der Waals surface area contributed by atoms with Gasteiger partial charge in [0.25, 0.3) is 5.91 Å². The summed E-state index contributed by atoms with van der Waals surface area (Å²) >= 11 is 11.0. The van der Waals surface area contributed by atoms with Crippen LogP contribution in [0.25, 0.3) is 0 Å². The first kappa shape index (κ1) is 17.0. The van der Waals surface area contributed by atoms with E-state index in [4.69, 9.17) is 28.6 Å². The van der Waals surface area contributed by atoms with Crippen molar-refractivity contribution in [2.45, 2.75) is 6.92 Å². The lowest BCUT2D eigenvalue weighted by molar-refractivity contribution is 0.0938. The summed E-state index contributed by atoms with van der Waals surface area (Å²) < 4.78 is 6.80. The van der Waals surface area contributed by atoms with Gasteiger partial charge in [0.2, 0.25) is 0 Å². The maximum atomic E-state index is 11.9. The topological polar surface area (TPSA) is 80.2 Å². The third-order valence-corrected chi connectivity index (χ3v) is 3.19. The number of aryl methyl sites for hydroxylation is 1. The zero-order chi connectivity index (χ0) is 16.8. The van der Waals surface area contributed by atoms with Crippen LogP contribution < -0.4 is 20.9 Å². The van der Waals surface area contributed by atoms with Crippen molar-refractivity contribution < 1.29 is 9.53 Å². The van der Waals surface area contributed by atoms with Crippen molar-refractivity contribution in [1.29, 1.82) is 0 Å². The van der Waals surface area contributed by atoms with Gasteiger partial charge < -0.3 is 10.1 Å². The van der Waals surface area contributed by atoms with Crippen LogP contribution in [0.2, 0.25) is 5.02 Å². The third kappa shape index (κ3) is 4.83. The second kappa shape index (κ2) is 7.80. The number of anilines is 1. The average Bonchev–Trinajstić information content (AvgIpc) is 2.86. The van der Waals surface area contributed by atoms with E-state index in [0.29, 0.717) is 6.61 Å². The molecule has 23 heavy (non-hydrogen) atoms. The molecular formula is C14H16ClN5O2S. The summed E-state index contributed by atoms with van der Waals surface area (Å²) in [6.07, 6.45) is 1.53. The number of carbonyl (C=O) groups excluding carboxylic acids is 1. The number of hydrogen-bond acceptors (Lipinski definition) is 4. The number of thiocarbonyl (C=S) groups is 1. The summed E-state index contributed by atoms with van der Waals surface area (Å²) in [5.41, 5.74) is 5.89. The third-order valence-electron chi connectivity index (χ3n) is 2.71. The highest BCUT2D eigenvalue weighted by Crippen LogP contribution is 2.15. The van der Waals surface area contributed by atoms with Crippen molar-refractivity contribution in [3.63, 3.8) is 0 Å². The predicted molar refractivity (Wildman–Crippen MR) is 92.7 cm³/mol. The maximum absolute atomic E-state index is 11.9. The van der Waals surface area contributed by atoms with Crippen molar-refractivity contribution in [1.82, 2.24) is 20.6 Å². The molecule has 0 saturated heterocycles. The minimum absolute atomic E-state index is 0.116. The normalized spacial score (nSPS) is 10.0. The maximum Gasteiger partial charge on any atom is 0.291 e. The highest BCUT2D eigenvalue weighted by Gasteiger charge is 2.14. The van der Waals surface area contributed by atoms with E-state index in [0.717, 1.165) is 11.4 Å². The zero-order valence-corrected chi connectivity index (χ0v) is 14.2. The summed E-state index contributed by atoms with van der Waals surface area (Å²) in [5, 5.41) is 7.38. The van der Waals surface area contributed by atoms with Crippen LogP contribution in [0.1, 0.15) is 17.4 Å². The van der Waals surface area contributed by atoms with Gasteiger partial charge in [-0.1, -0.05) is 11.6 Å². The molecule has 1 aromatic carbocycles. The molecule has 1 heterocycles. The van der Waals surface area contributed by atoms with Crippen LogP contribution >= 0.6 is 23.8 Å². The summed E-state index contributed by atoms with van der Waals surface area (Å²) in [6.45, 7) is 2.52. The van der Waals surface area contributed by atoms with Gasteiger partial charge in [-0.15, -0.1) is 0 Å². The molecular weight excluding hydrogens is 338 g/mol. The Hall–Kier alpha value is -2.32. The Labute approximate surface area is 143 Å². The first-order valence-electron chi connectivity index (χ1n) is 6.79. The molecule has 2 aromatic rings. The van der Waals surface area contributed by atoms with Crippen molar-refractivity contribution in [2.75, 3.05) is 11.9 Å². The van der Waals surface area contributed by atoms with Crippen LogP contribution in [0.5, 0.6) is 5.75 Å². The van der Waals surface area contributed by atoms with Crippen LogP contribution in [0.3, 0.4) is 0 Å². The molecule has 0 unspecified atom stereocenters. The molecule has 0 aliphatic heterocycles. The van der Waals surface area contributed by atoms with Gasteiger partial charge in [0.15, 0.2) is 10.8 Å². The standard InChI is InChI=1S/C14H16ClN5O2S/c1-3-22-10-6-4-9(5-7-10)16-14(23)18-17-13(21)12-11(15)8-20(2)19-12/h4-8H,3H2,1-2H3,(H,17,21)(H2,16,18,23). The fourth-order valence-corrected chi connectivity index (χ4v) is 2.18. The van der Waals surface area contributed by atoms with Crippen molar-refractivity contribution >= 4 is 40.5 Å². The molecule has 0 radical (unpaired) electrons. The van der Waals surface area contributed by atoms with Crippen LogP contribution in [0.15, 0.2) is 30.5 Å². The summed E-state index contributed by atoms with van der Waals surface area (Å²) in [7, 11) is 1.67. The molecule has 1 amide bonds. The average molecular weight is 354 g/mol. The molecule has 1 aromatic heterocycles. The highest BCUT2D eigenvalue weighted by atomic mass is 35.5. The highest BCUT2D eigenvalue weighted by molar-refractivity contribution is 7.80. The molecule has 7 nitrogen and oxygen atoms in total. The van der Waals surface area contributed by atoms with Crippen LogP contribution in [0, 0.1) is 0 Å². The molecule has 0 spiro atoms. The van der Waals surface area contributed by atoms with Gasteiger partial charge in [0.05, 0.1) is 11.6 Å². The number of rotatable bonds is 4. The van der Waals surface area contributed by atoms with E-state index < -0.39 is 5.91 Å². The Morgan fingerprint density at radius 1 is 1.35 bits per heavy atom. The largest absolute Gasteiger partial charge is 0.494 e. The van der Waals surface area contributed by atoms with Gasteiger partial charge in [0.1, 0.15) is 5.75 Å². The Balaban J connectivity index is 1.85. The lowest BCUT2D eigenvalue weighted by Crippen LogP contribution is -2.44. The first-order chi connectivity index (χ1) is 11.0. The number of nitrogens with zero attached hydrogens (tertiary/aromatic N) is 2. The molecule has 2 rings (SSSR count). The van der Waals surface area contributed by atoms with Crippen molar-refractivity contribution in [3.8, 4) is 5.75 Å². The van der Waals surface area contributed by atoms with E-state index in [9.17, 15) is 4.79 Å². The van der Waals surface area contributed by atoms with Gasteiger partial charge in [-0.05, 0) is 43.4 Å². The Morgan fingerprint density at radius 2 is 2.04 bits per heavy atom. The Bertz CT molecular complexity index is 702. The molecule has 3 N–H and O–H groups in total. The second-order valence-electron chi connectivity index (χ2n) is 4.49. The smallest absolute Gasteiger partial charge is 0.291 e. The number of benzene rings is 1. The number of hydrazine groups is 1. The molecule has 0 aliphatic carbocycles. The predicted octanol–water partition coefficient (Wildman–Crippen LogP) is 2.10. The second-order valence-corrected chi connectivity index (χ2v) is 5.31. The summed E-state index contributed by atoms with van der Waals surface area (Å²) in [6, 6.07) is 7.27. The molecule has 122 valence electrons. The number of carbonyl (C=O) groups is 1. The summed E-state index contributed by atoms with van der Waals surface area (Å²) in [4.78, 5) is 11.9. The Kier molecular flexibility index (Phi) is 5.78. The van der Waals surface area contributed by atoms with E-state index in [1.54, 1.807) is 7.05 Å². The van der Waals surface area contributed by atoms with E-state index in [1.165, 1.54) is 10.9 Å². The molecule has 0 aliphatic rings. The van der Waals surface area contributed by atoms with E-state index >= 15 is 0 Å². The lowest BCUT2D eigenvalue weighted by Gasteiger charge is -2.11. The number of amides is 1. The zero-order valence-electron chi connectivity index (χ0n) is 12.6. The lowest BCUT2D eigenvalue weighted by atomic mass is 10.3. The quantitative estimate of drug-likeness (QED) is 0.577. The fraction of sp³-hybridized carbons (Fsp3) is 0.214. The number of hydrogen-bond donors (Lipinski definition) is 3. The fourth-order valence-electron chi connectivity index (χ4n) is 1.75. The van der Waals surface area contributed by atoms with Gasteiger partial charge in [-0.3, -0.25) is 20.3 Å². The molecule has 0 bridgehead atoms. The number of aromatic nitrogens is 2. The van der Waals surface area contributed by atoms with Gasteiger partial charge in [-0.2, -0.15) is 5.10 Å². The molecule has 0 atom stereocenters. The van der Waals surface area contributed by atoms with Crippen LogP contribution in [0.4, 0.5) is 5.69 Å². The van der Waals surface area contributed by atoms with Crippen LogP contribution in [-0.2, 0) is 7.05 Å². The first-order valence-corrected chi connectivity index (χ1v) is 7.57. The van der Waals surface area contributed by atoms with E-state index in [-0.39, 0.29) is 15.8 Å². The monoisotopic (exact) mass is 353 g/mol. The minimum Gasteiger partial charge on any atom is -0.494 e. The van der Waals surface area contributed by atoms with Crippen LogP contribution in [-0.4, -0.2) is 27.4 Å². The van der Waals surface area contributed by atoms with E-state index in [1.807, 2.05) is 31.2 Å². The van der Waals surface area contributed by atoms with E-state index in [2.05, 4.69) is 21.3 Å². The van der Waals surface area contributed by atoms with Crippen molar-refractivity contribution in [2.24, 2.45) is 7.05 Å². The molecule has 0 fully saturated rings. The number of nitrogens with one attached hydrogen (secondary N) is 3. The molecule has 9 heteroatoms. The van der Waals surface area contributed by atoms with Gasteiger partial charge in [0, 0.05) is 18.9 Å². The SMILES string of the molecule is CCOc1ccc(NC(=S)NNC(=O)c2nn(C)cc2Cl)cc1. The number of ether oxygens (including phenoxy) is 1. The molecule has 0 saturated carbocycles. The Morgan fingerprint density at radius 3 is 2.61 bits per heavy atom. The van der Waals surface area contributed by atoms with Gasteiger partial charge >= 0.3 is 0 Å². The van der Waals surface area contributed by atoms with Gasteiger partial charge in [-0.25, -0.2) is 0 Å². The minimum atomic E-state index is -0.480. The van der Waals surface area contributed by atoms with Crippen molar-refractivity contribution in [3.05, 3.63) is 41.2 Å². The summed E-state index contributed by atoms with van der Waals surface area (Å²) in [5.74, 6) is 0.293. The number of halogens is 1.